The first kappa shape index (κ1) is 12.6. The van der Waals surface area contributed by atoms with Crippen molar-refractivity contribution in [2.24, 2.45) is 5.28 Å². The summed E-state index contributed by atoms with van der Waals surface area (Å²) in [7, 11) is 1.35. The van der Waals surface area contributed by atoms with E-state index < -0.39 is 0 Å². The molecule has 0 spiro atoms. The van der Waals surface area contributed by atoms with Gasteiger partial charge < -0.3 is 15.5 Å². The summed E-state index contributed by atoms with van der Waals surface area (Å²) in [6.45, 7) is -0.0694. The van der Waals surface area contributed by atoms with Gasteiger partial charge >= 0.3 is 29.6 Å². The molecule has 0 amide bonds. The van der Waals surface area contributed by atoms with Crippen LogP contribution in [0.1, 0.15) is 0 Å². The van der Waals surface area contributed by atoms with Crippen LogP contribution in [0.5, 0.6) is 0 Å². The van der Waals surface area contributed by atoms with Crippen LogP contribution in [0.25, 0.3) is 0 Å². The zero-order chi connectivity index (χ0) is 7.28. The van der Waals surface area contributed by atoms with Crippen molar-refractivity contribution in [2.75, 3.05) is 20.2 Å². The topological polar surface area (TPSA) is 85.0 Å². The number of hydrogen-bond donors (Lipinski definition) is 1. The van der Waals surface area contributed by atoms with Crippen molar-refractivity contribution in [3.63, 3.8) is 0 Å². The Balaban J connectivity index is 0. The first-order valence-corrected chi connectivity index (χ1v) is 2.34. The minimum absolute atomic E-state index is 0. The Morgan fingerprint density at radius 2 is 2.20 bits per heavy atom. The van der Waals surface area contributed by atoms with Gasteiger partial charge in [-0.1, -0.05) is 0 Å². The van der Waals surface area contributed by atoms with Crippen molar-refractivity contribution in [3.8, 4) is 0 Å². The molecule has 0 bridgehead atoms. The number of likely N-dealkylation sites (N-methyl/N-ethyl adjacent to an activating group) is 1. The molecule has 0 saturated carbocycles. The first-order chi connectivity index (χ1) is 4.22. The Kier molecular flexibility index (Phi) is 8.92. The summed E-state index contributed by atoms with van der Waals surface area (Å²) < 4.78 is 0. The summed E-state index contributed by atoms with van der Waals surface area (Å²) in [5.41, 5.74) is 0. The Morgan fingerprint density at radius 1 is 1.70 bits per heavy atom. The van der Waals surface area contributed by atoms with Crippen molar-refractivity contribution in [1.29, 1.82) is 0 Å². The van der Waals surface area contributed by atoms with Gasteiger partial charge in [0.2, 0.25) is 0 Å². The third kappa shape index (κ3) is 4.80. The molecule has 7 heteroatoms. The molecular formula is C3H8N3NaO3. The minimum Gasteiger partial charge on any atom is -0.737 e. The van der Waals surface area contributed by atoms with Crippen LogP contribution in [0.15, 0.2) is 5.28 Å². The Hall–Kier alpha value is -0.0400. The fraction of sp³-hybridized carbons (Fsp3) is 1.00. The molecule has 0 aliphatic rings. The summed E-state index contributed by atoms with van der Waals surface area (Å²) in [5.74, 6) is 0. The molecule has 0 heterocycles. The molecule has 0 fully saturated rings. The van der Waals surface area contributed by atoms with Gasteiger partial charge in [-0.05, 0) is 5.28 Å². The van der Waals surface area contributed by atoms with Gasteiger partial charge in [0.15, 0.2) is 0 Å². The molecule has 0 aromatic carbocycles. The van der Waals surface area contributed by atoms with Crippen LogP contribution in [0.3, 0.4) is 0 Å². The second-order valence-electron chi connectivity index (χ2n) is 1.44. The molecule has 0 aliphatic heterocycles. The summed E-state index contributed by atoms with van der Waals surface area (Å²) >= 11 is 0. The first-order valence-electron chi connectivity index (χ1n) is 2.34. The molecule has 6 nitrogen and oxygen atoms in total. The van der Waals surface area contributed by atoms with E-state index in [9.17, 15) is 10.4 Å². The second kappa shape index (κ2) is 7.07. The number of nitrogens with zero attached hydrogens (tertiary/aromatic N) is 3. The van der Waals surface area contributed by atoms with E-state index in [1.165, 1.54) is 7.05 Å². The smallest absolute Gasteiger partial charge is 0.737 e. The predicted molar refractivity (Wildman–Crippen MR) is 29.1 cm³/mol. The van der Waals surface area contributed by atoms with E-state index in [2.05, 4.69) is 0 Å². The zero-order valence-electron chi connectivity index (χ0n) is 6.02. The Morgan fingerprint density at radius 3 is 2.50 bits per heavy atom. The maximum atomic E-state index is 10.2. The van der Waals surface area contributed by atoms with E-state index in [0.29, 0.717) is 0 Å². The van der Waals surface area contributed by atoms with Crippen molar-refractivity contribution in [3.05, 3.63) is 10.4 Å². The van der Waals surface area contributed by atoms with Gasteiger partial charge in [-0.2, -0.15) is 5.01 Å². The normalized spacial score (nSPS) is 10.4. The largest absolute Gasteiger partial charge is 1.00 e. The molecule has 0 unspecified atom stereocenters. The number of hydrogen-bond acceptors (Lipinski definition) is 4. The molecule has 10 heavy (non-hydrogen) atoms. The molecule has 0 aliphatic carbocycles. The van der Waals surface area contributed by atoms with Crippen LogP contribution in [0.2, 0.25) is 0 Å². The quantitative estimate of drug-likeness (QED) is 0.198. The molecule has 1 N–H and O–H groups in total. The monoisotopic (exact) mass is 157 g/mol. The third-order valence-electron chi connectivity index (χ3n) is 0.786. The molecule has 0 radical (unpaired) electrons. The van der Waals surface area contributed by atoms with Gasteiger partial charge in [0.05, 0.1) is 20.2 Å². The molecule has 0 saturated heterocycles. The van der Waals surface area contributed by atoms with Crippen LogP contribution in [-0.4, -0.2) is 35.3 Å². The molecular weight excluding hydrogens is 149 g/mol. The second-order valence-corrected chi connectivity index (χ2v) is 1.44. The van der Waals surface area contributed by atoms with E-state index in [1.54, 1.807) is 0 Å². The average Bonchev–Trinajstić information content (AvgIpc) is 1.87. The van der Waals surface area contributed by atoms with Crippen molar-refractivity contribution in [2.45, 2.75) is 0 Å². The van der Waals surface area contributed by atoms with E-state index >= 15 is 0 Å². The van der Waals surface area contributed by atoms with E-state index in [0.717, 1.165) is 5.01 Å². The van der Waals surface area contributed by atoms with E-state index in [4.69, 9.17) is 5.11 Å². The van der Waals surface area contributed by atoms with Gasteiger partial charge in [-0.3, -0.25) is 0 Å². The van der Waals surface area contributed by atoms with Gasteiger partial charge in [0, 0.05) is 4.97 Å². The van der Waals surface area contributed by atoms with Gasteiger partial charge in [-0.25, -0.2) is 0 Å². The van der Waals surface area contributed by atoms with Crippen molar-refractivity contribution < 1.29 is 39.6 Å². The third-order valence-corrected chi connectivity index (χ3v) is 0.786. The fourth-order valence-electron chi connectivity index (χ4n) is 0.293. The maximum absolute atomic E-state index is 10.2. The van der Waals surface area contributed by atoms with Crippen LogP contribution in [-0.2, 0) is 0 Å². The minimum atomic E-state index is -0.176. The summed E-state index contributed by atoms with van der Waals surface area (Å²) in [4.78, 5) is -0.129. The van der Waals surface area contributed by atoms with E-state index in [1.807, 2.05) is 5.28 Å². The molecule has 0 aromatic rings. The maximum Gasteiger partial charge on any atom is 1.00 e. The van der Waals surface area contributed by atoms with Gasteiger partial charge in [0.1, 0.15) is 0 Å². The van der Waals surface area contributed by atoms with E-state index in [-0.39, 0.29) is 47.7 Å². The molecule has 0 atom stereocenters. The number of hydrazine groups is 1. The fourth-order valence-corrected chi connectivity index (χ4v) is 0.293. The number of aliphatic hydroxyl groups is 1. The summed E-state index contributed by atoms with van der Waals surface area (Å²) in [6, 6.07) is 0. The number of rotatable bonds is 3. The number of aliphatic hydroxyl groups excluding tert-OH is 1. The average molecular weight is 157 g/mol. The van der Waals surface area contributed by atoms with Crippen molar-refractivity contribution in [1.82, 2.24) is 5.01 Å². The van der Waals surface area contributed by atoms with Crippen LogP contribution in [0, 0.1) is 10.4 Å². The van der Waals surface area contributed by atoms with Gasteiger partial charge in [-0.15, -0.1) is 0 Å². The molecule has 54 valence electrons. The Bertz CT molecular complexity index is 109. The zero-order valence-corrected chi connectivity index (χ0v) is 8.02. The molecule has 0 rings (SSSR count). The van der Waals surface area contributed by atoms with Crippen LogP contribution in [0.4, 0.5) is 0 Å². The van der Waals surface area contributed by atoms with Gasteiger partial charge in [0.25, 0.3) is 0 Å². The SMILES string of the molecule is CN(CCO)/[N+]([O-])=N\[O-].[Na+]. The summed E-state index contributed by atoms with van der Waals surface area (Å²) in [6.07, 6.45) is 0. The predicted octanol–water partition coefficient (Wildman–Crippen LogP) is -3.71. The Labute approximate surface area is 80.6 Å². The standard InChI is InChI=1S/C3H9N3O3.Na/c1-5(2-3-7)6(9)4-8;/h7-8H,2-3H2,1H3;/q;+1/p-1/b6-4+;. The van der Waals surface area contributed by atoms with Crippen LogP contribution >= 0.6 is 0 Å². The van der Waals surface area contributed by atoms with Crippen LogP contribution < -0.4 is 29.6 Å². The van der Waals surface area contributed by atoms with Crippen molar-refractivity contribution >= 4 is 0 Å². The molecule has 0 aromatic heterocycles. The summed E-state index contributed by atoms with van der Waals surface area (Å²) in [5, 5.41) is 30.8.